The predicted molar refractivity (Wildman–Crippen MR) is 59.1 cm³/mol. The minimum absolute atomic E-state index is 0.0344. The van der Waals surface area contributed by atoms with E-state index in [1.807, 2.05) is 18.2 Å². The molecule has 0 atom stereocenters. The number of ether oxygens (including phenoxy) is 1. The minimum Gasteiger partial charge on any atom is -0.466 e. The molecule has 1 aromatic carbocycles. The van der Waals surface area contributed by atoms with Crippen LogP contribution in [0.15, 0.2) is 18.2 Å². The molecule has 0 aliphatic carbocycles. The zero-order valence-corrected chi connectivity index (χ0v) is 9.08. The fraction of sp³-hybridized carbons (Fsp3) is 0.333. The zero-order valence-electron chi connectivity index (χ0n) is 9.08. The maximum absolute atomic E-state index is 11.1. The summed E-state index contributed by atoms with van der Waals surface area (Å²) in [5.74, 6) is -0.231. The van der Waals surface area contributed by atoms with Crippen LogP contribution in [0.5, 0.6) is 0 Å². The molecule has 0 fully saturated rings. The van der Waals surface area contributed by atoms with Crippen LogP contribution in [-0.2, 0) is 27.2 Å². The Morgan fingerprint density at radius 1 is 1.50 bits per heavy atom. The van der Waals surface area contributed by atoms with Crippen LogP contribution in [0.4, 0.5) is 5.69 Å². The van der Waals surface area contributed by atoms with Gasteiger partial charge in [0, 0.05) is 19.0 Å². The lowest BCUT2D eigenvalue weighted by Gasteiger charge is -2.04. The third-order valence-electron chi connectivity index (χ3n) is 2.49. The van der Waals surface area contributed by atoms with E-state index in [0.29, 0.717) is 19.4 Å². The van der Waals surface area contributed by atoms with Gasteiger partial charge in [-0.05, 0) is 17.2 Å². The summed E-state index contributed by atoms with van der Waals surface area (Å²) >= 11 is 0. The van der Waals surface area contributed by atoms with Gasteiger partial charge in [-0.15, -0.1) is 0 Å². The smallest absolute Gasteiger partial charge is 0.302 e. The SMILES string of the molecule is CC(=O)OCCc1ccc2c(c1)CC(=O)N2. The number of carbonyl (C=O) groups excluding carboxylic acids is 2. The molecule has 0 spiro atoms. The van der Waals surface area contributed by atoms with Crippen LogP contribution in [0, 0.1) is 0 Å². The van der Waals surface area contributed by atoms with E-state index in [9.17, 15) is 9.59 Å². The number of nitrogens with one attached hydrogen (secondary N) is 1. The molecule has 1 aromatic rings. The Hall–Kier alpha value is -1.84. The van der Waals surface area contributed by atoms with Crippen LogP contribution in [-0.4, -0.2) is 18.5 Å². The summed E-state index contributed by atoms with van der Waals surface area (Å²) in [7, 11) is 0. The summed E-state index contributed by atoms with van der Waals surface area (Å²) in [5.41, 5.74) is 2.99. The first kappa shape index (κ1) is 10.7. The Labute approximate surface area is 93.6 Å². The second-order valence-corrected chi connectivity index (χ2v) is 3.81. The summed E-state index contributed by atoms with van der Waals surface area (Å²) in [5, 5.41) is 2.77. The number of esters is 1. The highest BCUT2D eigenvalue weighted by Crippen LogP contribution is 2.23. The molecule has 0 unspecified atom stereocenters. The zero-order chi connectivity index (χ0) is 11.5. The fourth-order valence-electron chi connectivity index (χ4n) is 1.75. The molecule has 1 N–H and O–H groups in total. The summed E-state index contributed by atoms with van der Waals surface area (Å²) in [6.45, 7) is 1.78. The van der Waals surface area contributed by atoms with E-state index in [-0.39, 0.29) is 11.9 Å². The summed E-state index contributed by atoms with van der Waals surface area (Å²) in [6, 6.07) is 5.81. The molecule has 4 heteroatoms. The van der Waals surface area contributed by atoms with E-state index in [4.69, 9.17) is 4.74 Å². The van der Waals surface area contributed by atoms with Crippen molar-refractivity contribution in [2.45, 2.75) is 19.8 Å². The first-order valence-corrected chi connectivity index (χ1v) is 5.20. The van der Waals surface area contributed by atoms with Gasteiger partial charge in [0.05, 0.1) is 13.0 Å². The van der Waals surface area contributed by atoms with E-state index in [1.54, 1.807) is 0 Å². The molecule has 0 radical (unpaired) electrons. The molecule has 2 rings (SSSR count). The molecule has 0 bridgehead atoms. The van der Waals surface area contributed by atoms with E-state index in [1.165, 1.54) is 6.92 Å². The molecule has 16 heavy (non-hydrogen) atoms. The number of benzene rings is 1. The first-order valence-electron chi connectivity index (χ1n) is 5.20. The topological polar surface area (TPSA) is 55.4 Å². The van der Waals surface area contributed by atoms with Gasteiger partial charge in [0.15, 0.2) is 0 Å². The summed E-state index contributed by atoms with van der Waals surface area (Å²) in [6.07, 6.45) is 1.12. The molecule has 1 aliphatic rings. The fourth-order valence-corrected chi connectivity index (χ4v) is 1.75. The van der Waals surface area contributed by atoms with Crippen molar-refractivity contribution in [1.82, 2.24) is 0 Å². The average molecular weight is 219 g/mol. The van der Waals surface area contributed by atoms with E-state index < -0.39 is 0 Å². The number of hydrogen-bond acceptors (Lipinski definition) is 3. The molecule has 4 nitrogen and oxygen atoms in total. The molecule has 0 saturated heterocycles. The van der Waals surface area contributed by atoms with Crippen LogP contribution in [0.3, 0.4) is 0 Å². The van der Waals surface area contributed by atoms with Crippen molar-refractivity contribution in [3.8, 4) is 0 Å². The highest BCUT2D eigenvalue weighted by Gasteiger charge is 2.17. The molecule has 0 saturated carbocycles. The van der Waals surface area contributed by atoms with Gasteiger partial charge in [0.25, 0.3) is 0 Å². The van der Waals surface area contributed by atoms with Crippen LogP contribution >= 0.6 is 0 Å². The number of fused-ring (bicyclic) bond motifs is 1. The van der Waals surface area contributed by atoms with Crippen LogP contribution in [0.2, 0.25) is 0 Å². The van der Waals surface area contributed by atoms with Crippen molar-refractivity contribution in [2.75, 3.05) is 11.9 Å². The van der Waals surface area contributed by atoms with Gasteiger partial charge in [0.2, 0.25) is 5.91 Å². The maximum Gasteiger partial charge on any atom is 0.302 e. The maximum atomic E-state index is 11.1. The van der Waals surface area contributed by atoms with Crippen LogP contribution in [0.1, 0.15) is 18.1 Å². The Bertz CT molecular complexity index is 440. The van der Waals surface area contributed by atoms with Crippen molar-refractivity contribution in [3.05, 3.63) is 29.3 Å². The van der Waals surface area contributed by atoms with Crippen molar-refractivity contribution < 1.29 is 14.3 Å². The third-order valence-corrected chi connectivity index (χ3v) is 2.49. The first-order chi connectivity index (χ1) is 7.65. The lowest BCUT2D eigenvalue weighted by molar-refractivity contribution is -0.140. The van der Waals surface area contributed by atoms with Crippen molar-refractivity contribution in [1.29, 1.82) is 0 Å². The monoisotopic (exact) mass is 219 g/mol. The van der Waals surface area contributed by atoms with Crippen molar-refractivity contribution >= 4 is 17.6 Å². The van der Waals surface area contributed by atoms with Gasteiger partial charge in [-0.1, -0.05) is 12.1 Å². The molecular formula is C12H13NO3. The Morgan fingerprint density at radius 3 is 3.06 bits per heavy atom. The van der Waals surface area contributed by atoms with Crippen LogP contribution < -0.4 is 5.32 Å². The molecule has 1 amide bonds. The van der Waals surface area contributed by atoms with Gasteiger partial charge >= 0.3 is 5.97 Å². The highest BCUT2D eigenvalue weighted by atomic mass is 16.5. The van der Waals surface area contributed by atoms with E-state index in [2.05, 4.69) is 5.32 Å². The third kappa shape index (κ3) is 2.39. The predicted octanol–water partition coefficient (Wildman–Crippen LogP) is 1.29. The molecule has 84 valence electrons. The molecular weight excluding hydrogens is 206 g/mol. The lowest BCUT2D eigenvalue weighted by Crippen LogP contribution is -2.03. The minimum atomic E-state index is -0.266. The van der Waals surface area contributed by atoms with Gasteiger partial charge in [-0.2, -0.15) is 0 Å². The largest absolute Gasteiger partial charge is 0.466 e. The van der Waals surface area contributed by atoms with Gasteiger partial charge in [-0.3, -0.25) is 9.59 Å². The number of rotatable bonds is 3. The quantitative estimate of drug-likeness (QED) is 0.779. The van der Waals surface area contributed by atoms with Crippen molar-refractivity contribution in [3.63, 3.8) is 0 Å². The normalized spacial score (nSPS) is 13.2. The number of amides is 1. The van der Waals surface area contributed by atoms with Crippen molar-refractivity contribution in [2.24, 2.45) is 0 Å². The number of hydrogen-bond donors (Lipinski definition) is 1. The second kappa shape index (κ2) is 4.35. The Kier molecular flexibility index (Phi) is 2.90. The molecule has 0 aromatic heterocycles. The number of anilines is 1. The standard InChI is InChI=1S/C12H13NO3/c1-8(14)16-5-4-9-2-3-11-10(6-9)7-12(15)13-11/h2-3,6H,4-5,7H2,1H3,(H,13,15). The average Bonchev–Trinajstić information content (AvgIpc) is 2.56. The van der Waals surface area contributed by atoms with Gasteiger partial charge < -0.3 is 10.1 Å². The highest BCUT2D eigenvalue weighted by molar-refractivity contribution is 5.99. The second-order valence-electron chi connectivity index (χ2n) is 3.81. The van der Waals surface area contributed by atoms with Crippen LogP contribution in [0.25, 0.3) is 0 Å². The molecule has 1 heterocycles. The Balaban J connectivity index is 1.99. The number of carbonyl (C=O) groups is 2. The lowest BCUT2D eigenvalue weighted by atomic mass is 10.1. The molecule has 1 aliphatic heterocycles. The van der Waals surface area contributed by atoms with E-state index in [0.717, 1.165) is 16.8 Å². The van der Waals surface area contributed by atoms with Gasteiger partial charge in [0.1, 0.15) is 0 Å². The summed E-state index contributed by atoms with van der Waals surface area (Å²) in [4.78, 5) is 21.7. The Morgan fingerprint density at radius 2 is 2.31 bits per heavy atom. The summed E-state index contributed by atoms with van der Waals surface area (Å²) < 4.78 is 4.86. The van der Waals surface area contributed by atoms with Gasteiger partial charge in [-0.25, -0.2) is 0 Å². The van der Waals surface area contributed by atoms with E-state index >= 15 is 0 Å².